The molecule has 4 nitrogen and oxygen atoms in total. The minimum atomic E-state index is -3.49. The van der Waals surface area contributed by atoms with E-state index in [9.17, 15) is 4.57 Å². The van der Waals surface area contributed by atoms with Crippen LogP contribution in [-0.4, -0.2) is 18.8 Å². The second-order valence-electron chi connectivity index (χ2n) is 6.90. The van der Waals surface area contributed by atoms with E-state index in [1.807, 2.05) is 0 Å². The van der Waals surface area contributed by atoms with Crippen molar-refractivity contribution < 1.29 is 18.1 Å². The third-order valence-electron chi connectivity index (χ3n) is 4.47. The van der Waals surface area contributed by atoms with Crippen LogP contribution in [0.4, 0.5) is 0 Å². The summed E-state index contributed by atoms with van der Waals surface area (Å²) in [6.07, 6.45) is 12.2. The Morgan fingerprint density at radius 3 is 1.48 bits per heavy atom. The largest absolute Gasteiger partial charge is 0.475 e. The second kappa shape index (κ2) is 16.3. The first-order valence-corrected chi connectivity index (χ1v) is 12.1. The molecule has 0 bridgehead atoms. The molecule has 0 aromatic carbocycles. The molecule has 0 saturated carbocycles. The van der Waals surface area contributed by atoms with Gasteiger partial charge in [-0.15, -0.1) is 0 Å². The van der Waals surface area contributed by atoms with Gasteiger partial charge in [0.15, 0.2) is 0 Å². The summed E-state index contributed by atoms with van der Waals surface area (Å²) in [7, 11) is -3.49. The second-order valence-corrected chi connectivity index (χ2v) is 8.47. The molecular formula is C20H43O4P. The fourth-order valence-corrected chi connectivity index (χ4v) is 4.44. The lowest BCUT2D eigenvalue weighted by Gasteiger charge is -2.27. The summed E-state index contributed by atoms with van der Waals surface area (Å²) in [5.41, 5.74) is 0. The normalized spacial score (nSPS) is 16.5. The van der Waals surface area contributed by atoms with Gasteiger partial charge in [-0.2, -0.15) is 0 Å². The molecule has 2 atom stereocenters. The van der Waals surface area contributed by atoms with Gasteiger partial charge in [0.2, 0.25) is 0 Å². The highest BCUT2D eigenvalue weighted by Gasteiger charge is 2.33. The highest BCUT2D eigenvalue weighted by atomic mass is 31.2. The highest BCUT2D eigenvalue weighted by molar-refractivity contribution is 7.48. The third kappa shape index (κ3) is 13.0. The predicted octanol–water partition coefficient (Wildman–Crippen LogP) is 7.66. The van der Waals surface area contributed by atoms with Gasteiger partial charge < -0.3 is 0 Å². The molecule has 0 aliphatic rings. The van der Waals surface area contributed by atoms with E-state index < -0.39 is 7.82 Å². The van der Waals surface area contributed by atoms with Crippen LogP contribution in [0.15, 0.2) is 0 Å². The van der Waals surface area contributed by atoms with Gasteiger partial charge in [-0.25, -0.2) is 4.57 Å². The van der Waals surface area contributed by atoms with Gasteiger partial charge in [0.05, 0.1) is 18.8 Å². The summed E-state index contributed by atoms with van der Waals surface area (Å²) in [5, 5.41) is 0. The van der Waals surface area contributed by atoms with Gasteiger partial charge in [0.25, 0.3) is 0 Å². The maximum Gasteiger partial charge on any atom is 0.475 e. The molecule has 0 aromatic heterocycles. The molecular weight excluding hydrogens is 335 g/mol. The Morgan fingerprint density at radius 1 is 0.680 bits per heavy atom. The topological polar surface area (TPSA) is 44.8 Å². The van der Waals surface area contributed by atoms with Crippen LogP contribution in [0.2, 0.25) is 0 Å². The monoisotopic (exact) mass is 378 g/mol. The summed E-state index contributed by atoms with van der Waals surface area (Å²) in [5.74, 6) is 0. The third-order valence-corrected chi connectivity index (χ3v) is 6.09. The molecule has 0 heterocycles. The van der Waals surface area contributed by atoms with Crippen LogP contribution in [0.25, 0.3) is 0 Å². The van der Waals surface area contributed by atoms with E-state index in [4.69, 9.17) is 13.6 Å². The summed E-state index contributed by atoms with van der Waals surface area (Å²) in [6.45, 7) is 11.1. The SMILES string of the molecule is CCCCCC(CC)OP(=O)(OCCCC)OC(CC)CCCCC. The molecule has 0 amide bonds. The number of rotatable bonds is 18. The molecule has 5 heteroatoms. The van der Waals surface area contributed by atoms with Gasteiger partial charge in [-0.3, -0.25) is 13.6 Å². The van der Waals surface area contributed by atoms with E-state index >= 15 is 0 Å². The molecule has 0 aromatic rings. The Hall–Kier alpha value is 0.110. The van der Waals surface area contributed by atoms with Crippen LogP contribution in [0.5, 0.6) is 0 Å². The molecule has 152 valence electrons. The smallest absolute Gasteiger partial charge is 0.287 e. The zero-order chi connectivity index (χ0) is 19.0. The molecule has 0 aliphatic heterocycles. The lowest BCUT2D eigenvalue weighted by molar-refractivity contribution is 0.0425. The molecule has 2 unspecified atom stereocenters. The predicted molar refractivity (Wildman–Crippen MR) is 107 cm³/mol. The van der Waals surface area contributed by atoms with Crippen LogP contribution in [-0.2, 0) is 18.1 Å². The van der Waals surface area contributed by atoms with Crippen molar-refractivity contribution in [2.75, 3.05) is 6.61 Å². The van der Waals surface area contributed by atoms with E-state index in [0.29, 0.717) is 6.61 Å². The number of phosphoric acid groups is 1. The average Bonchev–Trinajstić information content (AvgIpc) is 2.60. The van der Waals surface area contributed by atoms with Crippen molar-refractivity contribution in [3.8, 4) is 0 Å². The van der Waals surface area contributed by atoms with E-state index in [0.717, 1.165) is 51.4 Å². The van der Waals surface area contributed by atoms with E-state index in [1.54, 1.807) is 0 Å². The van der Waals surface area contributed by atoms with Crippen LogP contribution in [0, 0.1) is 0 Å². The zero-order valence-corrected chi connectivity index (χ0v) is 18.3. The lowest BCUT2D eigenvalue weighted by Crippen LogP contribution is -2.18. The highest BCUT2D eigenvalue weighted by Crippen LogP contribution is 2.53. The number of hydrogen-bond acceptors (Lipinski definition) is 4. The van der Waals surface area contributed by atoms with Crippen molar-refractivity contribution >= 4 is 7.82 Å². The first-order valence-electron chi connectivity index (χ1n) is 10.7. The Kier molecular flexibility index (Phi) is 16.4. The van der Waals surface area contributed by atoms with Gasteiger partial charge in [0, 0.05) is 0 Å². The van der Waals surface area contributed by atoms with Crippen LogP contribution in [0.3, 0.4) is 0 Å². The van der Waals surface area contributed by atoms with Crippen LogP contribution in [0.1, 0.15) is 112 Å². The molecule has 0 fully saturated rings. The lowest BCUT2D eigenvalue weighted by atomic mass is 10.1. The maximum absolute atomic E-state index is 13.2. The summed E-state index contributed by atoms with van der Waals surface area (Å²) in [6, 6.07) is 0. The quantitative estimate of drug-likeness (QED) is 0.181. The Bertz CT molecular complexity index is 312. The average molecular weight is 379 g/mol. The van der Waals surface area contributed by atoms with Gasteiger partial charge in [-0.05, 0) is 32.1 Å². The number of hydrogen-bond donors (Lipinski definition) is 0. The van der Waals surface area contributed by atoms with Crippen molar-refractivity contribution in [3.63, 3.8) is 0 Å². The minimum Gasteiger partial charge on any atom is -0.287 e. The molecule has 0 aliphatic carbocycles. The summed E-state index contributed by atoms with van der Waals surface area (Å²) >= 11 is 0. The molecule has 0 saturated heterocycles. The van der Waals surface area contributed by atoms with Crippen molar-refractivity contribution in [1.82, 2.24) is 0 Å². The van der Waals surface area contributed by atoms with Gasteiger partial charge >= 0.3 is 7.82 Å². The molecule has 0 rings (SSSR count). The fourth-order valence-electron chi connectivity index (χ4n) is 2.68. The molecule has 0 radical (unpaired) electrons. The molecule has 0 N–H and O–H groups in total. The van der Waals surface area contributed by atoms with Gasteiger partial charge in [-0.1, -0.05) is 79.6 Å². The van der Waals surface area contributed by atoms with E-state index in [2.05, 4.69) is 34.6 Å². The Balaban J connectivity index is 4.78. The van der Waals surface area contributed by atoms with E-state index in [-0.39, 0.29) is 12.2 Å². The van der Waals surface area contributed by atoms with Crippen molar-refractivity contribution in [1.29, 1.82) is 0 Å². The molecule has 25 heavy (non-hydrogen) atoms. The Labute approximate surface area is 157 Å². The minimum absolute atomic E-state index is 0.0489. The van der Waals surface area contributed by atoms with Crippen molar-refractivity contribution in [2.24, 2.45) is 0 Å². The summed E-state index contributed by atoms with van der Waals surface area (Å²) < 4.78 is 30.7. The molecule has 0 spiro atoms. The van der Waals surface area contributed by atoms with E-state index in [1.165, 1.54) is 25.7 Å². The van der Waals surface area contributed by atoms with Crippen molar-refractivity contribution in [2.45, 2.75) is 124 Å². The standard InChI is InChI=1S/C20H43O4P/c1-6-11-14-16-19(9-4)23-25(21,22-18-13-8-3)24-20(10-5)17-15-12-7-2/h19-20H,6-18H2,1-5H3. The Morgan fingerprint density at radius 2 is 1.12 bits per heavy atom. The number of phosphoric ester groups is 1. The fraction of sp³-hybridized carbons (Fsp3) is 1.00. The zero-order valence-electron chi connectivity index (χ0n) is 17.4. The van der Waals surface area contributed by atoms with Crippen LogP contribution < -0.4 is 0 Å². The number of unbranched alkanes of at least 4 members (excludes halogenated alkanes) is 5. The first kappa shape index (κ1) is 25.1. The maximum atomic E-state index is 13.2. The first-order chi connectivity index (χ1) is 12.0. The van der Waals surface area contributed by atoms with Gasteiger partial charge in [0.1, 0.15) is 0 Å². The summed E-state index contributed by atoms with van der Waals surface area (Å²) in [4.78, 5) is 0. The van der Waals surface area contributed by atoms with Crippen molar-refractivity contribution in [3.05, 3.63) is 0 Å². The van der Waals surface area contributed by atoms with Crippen LogP contribution >= 0.6 is 7.82 Å².